The molecule has 3 rings (SSSR count). The first-order chi connectivity index (χ1) is 11.2. The Hall–Kier alpha value is -1.75. The number of amides is 1. The number of rotatable bonds is 9. The van der Waals surface area contributed by atoms with Crippen LogP contribution in [0.4, 0.5) is 0 Å². The van der Waals surface area contributed by atoms with E-state index in [0.29, 0.717) is 25.0 Å². The summed E-state index contributed by atoms with van der Waals surface area (Å²) >= 11 is 0. The SMILES string of the molecule is COc1ccc(OC)c(CN(CC(=O)NCC2CC2)C2CC2)c1. The zero-order valence-corrected chi connectivity index (χ0v) is 14.0. The summed E-state index contributed by atoms with van der Waals surface area (Å²) in [5, 5.41) is 3.06. The van der Waals surface area contributed by atoms with Crippen molar-refractivity contribution in [3.63, 3.8) is 0 Å². The number of ether oxygens (including phenoxy) is 2. The van der Waals surface area contributed by atoms with Crippen molar-refractivity contribution in [2.45, 2.75) is 38.3 Å². The summed E-state index contributed by atoms with van der Waals surface area (Å²) in [4.78, 5) is 14.4. The molecule has 2 aliphatic rings. The summed E-state index contributed by atoms with van der Waals surface area (Å²) in [5.74, 6) is 2.50. The van der Waals surface area contributed by atoms with Crippen molar-refractivity contribution >= 4 is 5.91 Å². The van der Waals surface area contributed by atoms with E-state index in [4.69, 9.17) is 9.47 Å². The number of hydrogen-bond donors (Lipinski definition) is 1. The van der Waals surface area contributed by atoms with Gasteiger partial charge >= 0.3 is 0 Å². The van der Waals surface area contributed by atoms with Crippen LogP contribution in [0.5, 0.6) is 11.5 Å². The highest BCUT2D eigenvalue weighted by Crippen LogP contribution is 2.32. The van der Waals surface area contributed by atoms with Gasteiger partial charge in [-0.3, -0.25) is 9.69 Å². The maximum absolute atomic E-state index is 12.2. The molecule has 0 bridgehead atoms. The van der Waals surface area contributed by atoms with Crippen LogP contribution in [-0.2, 0) is 11.3 Å². The first-order valence-corrected chi connectivity index (χ1v) is 8.41. The molecule has 1 aromatic carbocycles. The van der Waals surface area contributed by atoms with Gasteiger partial charge in [-0.25, -0.2) is 0 Å². The van der Waals surface area contributed by atoms with E-state index in [1.807, 2.05) is 18.2 Å². The normalized spacial score (nSPS) is 17.2. The third kappa shape index (κ3) is 4.61. The fourth-order valence-electron chi connectivity index (χ4n) is 2.80. The molecule has 0 heterocycles. The predicted octanol–water partition coefficient (Wildman–Crippen LogP) is 2.19. The van der Waals surface area contributed by atoms with Crippen molar-refractivity contribution in [2.75, 3.05) is 27.3 Å². The molecule has 1 N–H and O–H groups in total. The van der Waals surface area contributed by atoms with Crippen LogP contribution in [0.25, 0.3) is 0 Å². The molecule has 0 aliphatic heterocycles. The fourth-order valence-corrected chi connectivity index (χ4v) is 2.80. The molecular formula is C18H26N2O3. The molecule has 0 spiro atoms. The van der Waals surface area contributed by atoms with Crippen molar-refractivity contribution in [1.29, 1.82) is 0 Å². The molecule has 23 heavy (non-hydrogen) atoms. The van der Waals surface area contributed by atoms with E-state index in [1.165, 1.54) is 25.7 Å². The second-order valence-corrected chi connectivity index (χ2v) is 6.56. The standard InChI is InChI=1S/C18H26N2O3/c1-22-16-7-8-17(23-2)14(9-16)11-20(15-5-6-15)12-18(21)19-10-13-3-4-13/h7-9,13,15H,3-6,10-12H2,1-2H3,(H,19,21). The van der Waals surface area contributed by atoms with Gasteiger partial charge < -0.3 is 14.8 Å². The monoisotopic (exact) mass is 318 g/mol. The highest BCUT2D eigenvalue weighted by molar-refractivity contribution is 5.78. The molecule has 0 unspecified atom stereocenters. The Balaban J connectivity index is 1.63. The zero-order valence-electron chi connectivity index (χ0n) is 14.0. The lowest BCUT2D eigenvalue weighted by atomic mass is 10.1. The molecule has 2 fully saturated rings. The Morgan fingerprint density at radius 1 is 1.22 bits per heavy atom. The van der Waals surface area contributed by atoms with Crippen LogP contribution in [-0.4, -0.2) is 44.2 Å². The van der Waals surface area contributed by atoms with Crippen molar-refractivity contribution in [3.8, 4) is 11.5 Å². The van der Waals surface area contributed by atoms with E-state index >= 15 is 0 Å². The first-order valence-electron chi connectivity index (χ1n) is 8.41. The van der Waals surface area contributed by atoms with Crippen molar-refractivity contribution in [2.24, 2.45) is 5.92 Å². The van der Waals surface area contributed by atoms with Crippen LogP contribution in [0, 0.1) is 5.92 Å². The number of nitrogens with zero attached hydrogens (tertiary/aromatic N) is 1. The molecule has 126 valence electrons. The number of carbonyl (C=O) groups is 1. The molecule has 2 saturated carbocycles. The lowest BCUT2D eigenvalue weighted by Crippen LogP contribution is -2.38. The smallest absolute Gasteiger partial charge is 0.234 e. The second kappa shape index (κ2) is 7.21. The van der Waals surface area contributed by atoms with E-state index in [-0.39, 0.29) is 5.91 Å². The highest BCUT2D eigenvalue weighted by Gasteiger charge is 2.31. The Bertz CT molecular complexity index is 553. The highest BCUT2D eigenvalue weighted by atomic mass is 16.5. The van der Waals surface area contributed by atoms with Crippen LogP contribution in [0.2, 0.25) is 0 Å². The van der Waals surface area contributed by atoms with E-state index in [9.17, 15) is 4.79 Å². The third-order valence-corrected chi connectivity index (χ3v) is 4.56. The largest absolute Gasteiger partial charge is 0.497 e. The van der Waals surface area contributed by atoms with E-state index in [1.54, 1.807) is 14.2 Å². The van der Waals surface area contributed by atoms with Gasteiger partial charge in [0.15, 0.2) is 0 Å². The van der Waals surface area contributed by atoms with E-state index < -0.39 is 0 Å². The molecule has 0 radical (unpaired) electrons. The fraction of sp³-hybridized carbons (Fsp3) is 0.611. The van der Waals surface area contributed by atoms with Crippen LogP contribution in [0.15, 0.2) is 18.2 Å². The summed E-state index contributed by atoms with van der Waals surface area (Å²) in [6.07, 6.45) is 4.85. The molecule has 1 aromatic rings. The number of nitrogens with one attached hydrogen (secondary N) is 1. The van der Waals surface area contributed by atoms with Gasteiger partial charge in [0, 0.05) is 24.7 Å². The maximum Gasteiger partial charge on any atom is 0.234 e. The number of hydrogen-bond acceptors (Lipinski definition) is 4. The van der Waals surface area contributed by atoms with Gasteiger partial charge in [-0.2, -0.15) is 0 Å². The number of benzene rings is 1. The maximum atomic E-state index is 12.2. The Morgan fingerprint density at radius 2 is 2.00 bits per heavy atom. The Kier molecular flexibility index (Phi) is 5.06. The predicted molar refractivity (Wildman–Crippen MR) is 88.7 cm³/mol. The van der Waals surface area contributed by atoms with Gasteiger partial charge in [-0.1, -0.05) is 0 Å². The van der Waals surface area contributed by atoms with E-state index in [2.05, 4.69) is 10.2 Å². The lowest BCUT2D eigenvalue weighted by molar-refractivity contribution is -0.122. The Morgan fingerprint density at radius 3 is 2.61 bits per heavy atom. The summed E-state index contributed by atoms with van der Waals surface area (Å²) in [5.41, 5.74) is 1.06. The van der Waals surface area contributed by atoms with Crippen LogP contribution in [0.3, 0.4) is 0 Å². The van der Waals surface area contributed by atoms with Gasteiger partial charge in [-0.15, -0.1) is 0 Å². The molecule has 0 saturated heterocycles. The second-order valence-electron chi connectivity index (χ2n) is 6.56. The lowest BCUT2D eigenvalue weighted by Gasteiger charge is -2.23. The molecule has 2 aliphatic carbocycles. The first kappa shape index (κ1) is 16.1. The molecule has 0 aromatic heterocycles. The minimum atomic E-state index is 0.130. The molecule has 5 nitrogen and oxygen atoms in total. The van der Waals surface area contributed by atoms with E-state index in [0.717, 1.165) is 23.6 Å². The van der Waals surface area contributed by atoms with Gasteiger partial charge in [0.05, 0.1) is 20.8 Å². The van der Waals surface area contributed by atoms with Crippen molar-refractivity contribution in [1.82, 2.24) is 10.2 Å². The third-order valence-electron chi connectivity index (χ3n) is 4.56. The molecule has 5 heteroatoms. The topological polar surface area (TPSA) is 50.8 Å². The van der Waals surface area contributed by atoms with Gasteiger partial charge in [0.1, 0.15) is 11.5 Å². The van der Waals surface area contributed by atoms with Gasteiger partial charge in [-0.05, 0) is 49.8 Å². The molecule has 1 amide bonds. The van der Waals surface area contributed by atoms with Gasteiger partial charge in [0.25, 0.3) is 0 Å². The summed E-state index contributed by atoms with van der Waals surface area (Å²) in [6, 6.07) is 6.33. The Labute approximate surface area is 137 Å². The van der Waals surface area contributed by atoms with Crippen LogP contribution < -0.4 is 14.8 Å². The number of carbonyl (C=O) groups excluding carboxylic acids is 1. The van der Waals surface area contributed by atoms with Crippen LogP contribution >= 0.6 is 0 Å². The summed E-state index contributed by atoms with van der Waals surface area (Å²) in [7, 11) is 3.34. The average Bonchev–Trinajstić information content (AvgIpc) is 3.45. The quantitative estimate of drug-likeness (QED) is 0.758. The minimum Gasteiger partial charge on any atom is -0.497 e. The summed E-state index contributed by atoms with van der Waals surface area (Å²) in [6.45, 7) is 2.00. The number of methoxy groups -OCH3 is 2. The molecular weight excluding hydrogens is 292 g/mol. The van der Waals surface area contributed by atoms with Gasteiger partial charge in [0.2, 0.25) is 5.91 Å². The molecule has 0 atom stereocenters. The summed E-state index contributed by atoms with van der Waals surface area (Å²) < 4.78 is 10.8. The van der Waals surface area contributed by atoms with Crippen molar-refractivity contribution in [3.05, 3.63) is 23.8 Å². The average molecular weight is 318 g/mol. The minimum absolute atomic E-state index is 0.130. The van der Waals surface area contributed by atoms with Crippen LogP contribution in [0.1, 0.15) is 31.2 Å². The zero-order chi connectivity index (χ0) is 16.2. The van der Waals surface area contributed by atoms with Crippen molar-refractivity contribution < 1.29 is 14.3 Å².